The molecule has 3 rings (SSSR count). The van der Waals surface area contributed by atoms with E-state index in [4.69, 9.17) is 0 Å². The van der Waals surface area contributed by atoms with E-state index in [1.807, 2.05) is 25.2 Å². The van der Waals surface area contributed by atoms with Crippen molar-refractivity contribution in [1.82, 2.24) is 10.2 Å². The van der Waals surface area contributed by atoms with E-state index in [1.54, 1.807) is 0 Å². The van der Waals surface area contributed by atoms with Gasteiger partial charge in [-0.3, -0.25) is 9.69 Å². The summed E-state index contributed by atoms with van der Waals surface area (Å²) in [5.74, 6) is 2.44. The van der Waals surface area contributed by atoms with E-state index in [9.17, 15) is 4.79 Å². The molecule has 0 spiro atoms. The molecule has 0 radical (unpaired) electrons. The van der Waals surface area contributed by atoms with Crippen molar-refractivity contribution in [3.05, 3.63) is 22.4 Å². The summed E-state index contributed by atoms with van der Waals surface area (Å²) >= 11 is 1.84. The number of likely N-dealkylation sites (tertiary alicyclic amines) is 1. The Morgan fingerprint density at radius 3 is 2.79 bits per heavy atom. The van der Waals surface area contributed by atoms with Crippen molar-refractivity contribution in [2.24, 2.45) is 17.8 Å². The Balaban J connectivity index is 1.42. The molecular formula is C15H22N2OS. The summed E-state index contributed by atoms with van der Waals surface area (Å²) in [6, 6.07) is 4.60. The summed E-state index contributed by atoms with van der Waals surface area (Å²) in [5.41, 5.74) is 0. The predicted octanol–water partition coefficient (Wildman–Crippen LogP) is 2.34. The first-order chi connectivity index (χ1) is 9.13. The Hall–Kier alpha value is -0.870. The van der Waals surface area contributed by atoms with Gasteiger partial charge in [0.15, 0.2) is 0 Å². The second kappa shape index (κ2) is 5.25. The number of hydrogen-bond acceptors (Lipinski definition) is 3. The van der Waals surface area contributed by atoms with Gasteiger partial charge in [0.1, 0.15) is 0 Å². The first-order valence-electron chi connectivity index (χ1n) is 7.17. The normalized spacial score (nSPS) is 29.5. The molecule has 2 heterocycles. The van der Waals surface area contributed by atoms with E-state index in [0.29, 0.717) is 5.92 Å². The van der Waals surface area contributed by atoms with Gasteiger partial charge in [0.05, 0.1) is 0 Å². The van der Waals surface area contributed by atoms with Gasteiger partial charge in [-0.05, 0) is 43.0 Å². The van der Waals surface area contributed by atoms with Gasteiger partial charge in [0.25, 0.3) is 0 Å². The molecule has 1 unspecified atom stereocenters. The van der Waals surface area contributed by atoms with E-state index in [0.717, 1.165) is 24.8 Å². The fourth-order valence-electron chi connectivity index (χ4n) is 3.39. The summed E-state index contributed by atoms with van der Waals surface area (Å²) in [7, 11) is 0. The van der Waals surface area contributed by atoms with Crippen molar-refractivity contribution in [1.29, 1.82) is 0 Å². The number of hydrogen-bond donors (Lipinski definition) is 1. The van der Waals surface area contributed by atoms with Crippen LogP contribution < -0.4 is 5.32 Å². The zero-order chi connectivity index (χ0) is 13.4. The van der Waals surface area contributed by atoms with Gasteiger partial charge in [-0.25, -0.2) is 0 Å². The van der Waals surface area contributed by atoms with E-state index in [-0.39, 0.29) is 11.9 Å². The Morgan fingerprint density at radius 2 is 2.21 bits per heavy atom. The molecule has 1 saturated carbocycles. The molecule has 1 aliphatic carbocycles. The van der Waals surface area contributed by atoms with Crippen molar-refractivity contribution in [2.75, 3.05) is 13.1 Å². The molecule has 1 N–H and O–H groups in total. The highest BCUT2D eigenvalue weighted by Crippen LogP contribution is 2.53. The zero-order valence-corrected chi connectivity index (χ0v) is 12.5. The maximum absolute atomic E-state index is 11.7. The molecule has 1 aliphatic heterocycles. The third kappa shape index (κ3) is 3.00. The highest BCUT2D eigenvalue weighted by atomic mass is 32.1. The predicted molar refractivity (Wildman–Crippen MR) is 78.0 cm³/mol. The Labute approximate surface area is 119 Å². The number of thiophene rings is 1. The minimum Gasteiger partial charge on any atom is -0.354 e. The van der Waals surface area contributed by atoms with Crippen LogP contribution in [0.15, 0.2) is 17.5 Å². The standard InChI is InChI=1S/C15H22N2OS/c1-10(2)16-15(18)6-12-13-8-17(9-14(12)13)7-11-4-3-5-19-11/h3-5,10,12-14H,6-9H2,1-2H3,(H,16,18)/t12?,13-,14+. The average Bonchev–Trinajstić information content (AvgIpc) is 2.76. The Bertz CT molecular complexity index is 431. The molecule has 3 nitrogen and oxygen atoms in total. The van der Waals surface area contributed by atoms with Crippen molar-refractivity contribution >= 4 is 17.2 Å². The highest BCUT2D eigenvalue weighted by molar-refractivity contribution is 7.09. The maximum atomic E-state index is 11.7. The van der Waals surface area contributed by atoms with Crippen molar-refractivity contribution < 1.29 is 4.79 Å². The number of carbonyl (C=O) groups excluding carboxylic acids is 1. The van der Waals surface area contributed by atoms with Gasteiger partial charge in [-0.1, -0.05) is 6.07 Å². The Morgan fingerprint density at radius 1 is 1.47 bits per heavy atom. The van der Waals surface area contributed by atoms with Crippen LogP contribution in [-0.4, -0.2) is 29.9 Å². The molecule has 1 amide bonds. The number of piperidine rings is 1. The number of amides is 1. The van der Waals surface area contributed by atoms with Gasteiger partial charge < -0.3 is 5.32 Å². The quantitative estimate of drug-likeness (QED) is 0.896. The molecule has 0 aromatic carbocycles. The molecule has 2 aliphatic rings. The van der Waals surface area contributed by atoms with Crippen LogP contribution >= 0.6 is 11.3 Å². The number of rotatable bonds is 5. The van der Waals surface area contributed by atoms with Crippen LogP contribution in [0.4, 0.5) is 0 Å². The van der Waals surface area contributed by atoms with Crippen LogP contribution in [-0.2, 0) is 11.3 Å². The van der Waals surface area contributed by atoms with E-state index < -0.39 is 0 Å². The van der Waals surface area contributed by atoms with Gasteiger partial charge >= 0.3 is 0 Å². The summed E-state index contributed by atoms with van der Waals surface area (Å²) in [6.07, 6.45) is 0.736. The van der Waals surface area contributed by atoms with Crippen LogP contribution in [0.3, 0.4) is 0 Å². The lowest BCUT2D eigenvalue weighted by atomic mass is 10.1. The number of nitrogens with zero attached hydrogens (tertiary/aromatic N) is 1. The van der Waals surface area contributed by atoms with E-state index >= 15 is 0 Å². The van der Waals surface area contributed by atoms with Crippen LogP contribution in [0.5, 0.6) is 0 Å². The summed E-state index contributed by atoms with van der Waals surface area (Å²) in [6.45, 7) is 7.50. The minimum atomic E-state index is 0.235. The van der Waals surface area contributed by atoms with Crippen LogP contribution in [0.1, 0.15) is 25.1 Å². The third-order valence-electron chi connectivity index (χ3n) is 4.28. The molecule has 1 aromatic heterocycles. The van der Waals surface area contributed by atoms with Crippen molar-refractivity contribution in [2.45, 2.75) is 32.9 Å². The van der Waals surface area contributed by atoms with Crippen LogP contribution in [0.25, 0.3) is 0 Å². The molecule has 19 heavy (non-hydrogen) atoms. The fraction of sp³-hybridized carbons (Fsp3) is 0.667. The highest BCUT2D eigenvalue weighted by Gasteiger charge is 2.55. The van der Waals surface area contributed by atoms with Gasteiger partial charge in [-0.2, -0.15) is 0 Å². The molecule has 4 heteroatoms. The topological polar surface area (TPSA) is 32.3 Å². The number of fused-ring (bicyclic) bond motifs is 1. The lowest BCUT2D eigenvalue weighted by Crippen LogP contribution is -2.31. The first-order valence-corrected chi connectivity index (χ1v) is 8.05. The van der Waals surface area contributed by atoms with E-state index in [2.05, 4.69) is 27.7 Å². The average molecular weight is 278 g/mol. The summed E-state index contributed by atoms with van der Waals surface area (Å²) in [4.78, 5) is 15.7. The second-order valence-electron chi connectivity index (χ2n) is 6.19. The summed E-state index contributed by atoms with van der Waals surface area (Å²) in [5, 5.41) is 5.14. The van der Waals surface area contributed by atoms with Crippen LogP contribution in [0, 0.1) is 17.8 Å². The molecular weight excluding hydrogens is 256 g/mol. The zero-order valence-electron chi connectivity index (χ0n) is 11.6. The van der Waals surface area contributed by atoms with Gasteiger partial charge in [-0.15, -0.1) is 11.3 Å². The Kier molecular flexibility index (Phi) is 3.63. The third-order valence-corrected chi connectivity index (χ3v) is 5.14. The van der Waals surface area contributed by atoms with Crippen molar-refractivity contribution in [3.8, 4) is 0 Å². The maximum Gasteiger partial charge on any atom is 0.220 e. The van der Waals surface area contributed by atoms with Crippen LogP contribution in [0.2, 0.25) is 0 Å². The second-order valence-corrected chi connectivity index (χ2v) is 7.22. The lowest BCUT2D eigenvalue weighted by molar-refractivity contribution is -0.122. The smallest absolute Gasteiger partial charge is 0.220 e. The van der Waals surface area contributed by atoms with Gasteiger partial charge in [0, 0.05) is 37.0 Å². The first kappa shape index (κ1) is 13.1. The monoisotopic (exact) mass is 278 g/mol. The molecule has 3 atom stereocenters. The molecule has 1 aromatic rings. The molecule has 104 valence electrons. The molecule has 0 bridgehead atoms. The largest absolute Gasteiger partial charge is 0.354 e. The lowest BCUT2D eigenvalue weighted by Gasteiger charge is -2.18. The van der Waals surface area contributed by atoms with Gasteiger partial charge in [0.2, 0.25) is 5.91 Å². The minimum absolute atomic E-state index is 0.235. The van der Waals surface area contributed by atoms with Crippen molar-refractivity contribution in [3.63, 3.8) is 0 Å². The molecule has 1 saturated heterocycles. The van der Waals surface area contributed by atoms with E-state index in [1.165, 1.54) is 18.0 Å². The molecule has 2 fully saturated rings. The number of carbonyl (C=O) groups is 1. The number of nitrogens with one attached hydrogen (secondary N) is 1. The SMILES string of the molecule is CC(C)NC(=O)CC1[C@H]2CN(Cc3cccs3)C[C@@H]12. The fourth-order valence-corrected chi connectivity index (χ4v) is 4.13. The summed E-state index contributed by atoms with van der Waals surface area (Å²) < 4.78 is 0.